The van der Waals surface area contributed by atoms with Crippen LogP contribution in [0.3, 0.4) is 0 Å². The van der Waals surface area contributed by atoms with Gasteiger partial charge in [0.15, 0.2) is 0 Å². The number of nitrogens with zero attached hydrogens (tertiary/aromatic N) is 2. The Balaban J connectivity index is 1.63. The van der Waals surface area contributed by atoms with Gasteiger partial charge >= 0.3 is 0 Å². The third-order valence-electron chi connectivity index (χ3n) is 6.02. The minimum Gasteiger partial charge on any atom is -0.489 e. The zero-order valence-corrected chi connectivity index (χ0v) is 21.3. The molecule has 0 unspecified atom stereocenters. The maximum Gasteiger partial charge on any atom is 0.243 e. The molecule has 0 spiro atoms. The van der Waals surface area contributed by atoms with E-state index in [1.165, 1.54) is 16.4 Å². The molecule has 4 rings (SSSR count). The van der Waals surface area contributed by atoms with Crippen LogP contribution in [-0.4, -0.2) is 56.0 Å². The number of aryl methyl sites for hydroxylation is 2. The number of nitrogens with one attached hydrogen (secondary N) is 1. The smallest absolute Gasteiger partial charge is 0.243 e. The molecule has 1 aliphatic rings. The van der Waals surface area contributed by atoms with Crippen molar-refractivity contribution in [3.63, 3.8) is 0 Å². The molecule has 2 heterocycles. The van der Waals surface area contributed by atoms with Gasteiger partial charge in [0.1, 0.15) is 5.75 Å². The van der Waals surface area contributed by atoms with Gasteiger partial charge in [-0.1, -0.05) is 18.2 Å². The summed E-state index contributed by atoms with van der Waals surface area (Å²) in [6.45, 7) is 8.93. The van der Waals surface area contributed by atoms with E-state index in [0.29, 0.717) is 37.7 Å². The highest BCUT2D eigenvalue weighted by molar-refractivity contribution is 7.89. The Labute approximate surface area is 206 Å². The second-order valence-electron chi connectivity index (χ2n) is 8.88. The van der Waals surface area contributed by atoms with Crippen LogP contribution in [0.25, 0.3) is 10.9 Å². The van der Waals surface area contributed by atoms with Crippen molar-refractivity contribution in [2.75, 3.05) is 31.6 Å². The first-order valence-electron chi connectivity index (χ1n) is 11.7. The molecule has 9 heteroatoms. The average Bonchev–Trinajstić information content (AvgIpc) is 2.83. The average molecular weight is 498 g/mol. The molecule has 1 N–H and O–H groups in total. The molecule has 8 nitrogen and oxygen atoms in total. The van der Waals surface area contributed by atoms with Crippen LogP contribution in [0, 0.1) is 13.8 Å². The number of para-hydroxylation sites is 1. The van der Waals surface area contributed by atoms with E-state index >= 15 is 0 Å². The van der Waals surface area contributed by atoms with Gasteiger partial charge in [0.25, 0.3) is 0 Å². The van der Waals surface area contributed by atoms with Gasteiger partial charge in [-0.05, 0) is 63.1 Å². The number of anilines is 1. The number of rotatable bonds is 7. The van der Waals surface area contributed by atoms with Crippen LogP contribution in [0.2, 0.25) is 0 Å². The number of hydrogen-bond donors (Lipinski definition) is 1. The molecule has 1 aromatic heterocycles. The largest absolute Gasteiger partial charge is 0.489 e. The van der Waals surface area contributed by atoms with E-state index < -0.39 is 10.0 Å². The summed E-state index contributed by atoms with van der Waals surface area (Å²) in [5.74, 6) is 0.141. The first-order valence-corrected chi connectivity index (χ1v) is 13.1. The SMILES string of the molecule is Cc1nc2ccccc2c(C)c1CC(=O)Nc1cc(S(=O)(=O)N2CCOCC2)ccc1OC(C)C. The van der Waals surface area contributed by atoms with Crippen molar-refractivity contribution < 1.29 is 22.7 Å². The standard InChI is InChI=1S/C26H31N3O5S/c1-17(2)34-25-10-9-20(35(31,32)29-11-13-33-14-12-29)15-24(25)28-26(30)16-22-18(3)21-7-5-6-8-23(21)27-19(22)4/h5-10,15,17H,11-14,16H2,1-4H3,(H,28,30). The van der Waals surface area contributed by atoms with E-state index in [1.54, 1.807) is 6.07 Å². The molecule has 0 atom stereocenters. The van der Waals surface area contributed by atoms with Crippen molar-refractivity contribution in [1.29, 1.82) is 0 Å². The molecule has 186 valence electrons. The first kappa shape index (κ1) is 25.1. The fourth-order valence-electron chi connectivity index (χ4n) is 4.25. The summed E-state index contributed by atoms with van der Waals surface area (Å²) in [4.78, 5) is 17.9. The highest BCUT2D eigenvalue weighted by Crippen LogP contribution is 2.31. The van der Waals surface area contributed by atoms with Gasteiger partial charge in [-0.25, -0.2) is 8.42 Å². The number of ether oxygens (including phenoxy) is 2. The predicted molar refractivity (Wildman–Crippen MR) is 135 cm³/mol. The van der Waals surface area contributed by atoms with Crippen molar-refractivity contribution in [3.05, 3.63) is 59.3 Å². The molecular formula is C26H31N3O5S. The Morgan fingerprint density at radius 3 is 2.57 bits per heavy atom. The van der Waals surface area contributed by atoms with E-state index in [2.05, 4.69) is 10.3 Å². The lowest BCUT2D eigenvalue weighted by molar-refractivity contribution is -0.115. The minimum atomic E-state index is -3.73. The van der Waals surface area contributed by atoms with Crippen LogP contribution in [0.1, 0.15) is 30.7 Å². The van der Waals surface area contributed by atoms with Crippen molar-refractivity contribution in [2.24, 2.45) is 0 Å². The molecule has 1 amide bonds. The Bertz CT molecular complexity index is 1350. The zero-order valence-electron chi connectivity index (χ0n) is 20.5. The Kier molecular flexibility index (Phi) is 7.39. The molecular weight excluding hydrogens is 466 g/mol. The van der Waals surface area contributed by atoms with Crippen LogP contribution in [-0.2, 0) is 26.0 Å². The number of fused-ring (bicyclic) bond motifs is 1. The van der Waals surface area contributed by atoms with Gasteiger partial charge in [-0.2, -0.15) is 4.31 Å². The lowest BCUT2D eigenvalue weighted by atomic mass is 9.99. The predicted octanol–water partition coefficient (Wildman–Crippen LogP) is 3.84. The van der Waals surface area contributed by atoms with Gasteiger partial charge in [-0.3, -0.25) is 9.78 Å². The zero-order chi connectivity index (χ0) is 25.2. The summed E-state index contributed by atoms with van der Waals surface area (Å²) < 4.78 is 38.9. The summed E-state index contributed by atoms with van der Waals surface area (Å²) in [5, 5.41) is 3.89. The first-order chi connectivity index (χ1) is 16.7. The molecule has 1 aliphatic heterocycles. The Morgan fingerprint density at radius 2 is 1.86 bits per heavy atom. The van der Waals surface area contributed by atoms with Gasteiger partial charge in [0.05, 0.1) is 41.8 Å². The van der Waals surface area contributed by atoms with Gasteiger partial charge in [0, 0.05) is 24.2 Å². The van der Waals surface area contributed by atoms with Crippen LogP contribution in [0.15, 0.2) is 47.4 Å². The third kappa shape index (κ3) is 5.47. The third-order valence-corrected chi connectivity index (χ3v) is 7.91. The summed E-state index contributed by atoms with van der Waals surface area (Å²) >= 11 is 0. The van der Waals surface area contributed by atoms with Crippen LogP contribution in [0.5, 0.6) is 5.75 Å². The molecule has 0 bridgehead atoms. The molecule has 1 fully saturated rings. The monoisotopic (exact) mass is 497 g/mol. The van der Waals surface area contributed by atoms with E-state index in [0.717, 1.165) is 27.7 Å². The van der Waals surface area contributed by atoms with Crippen molar-refractivity contribution >= 4 is 32.5 Å². The highest BCUT2D eigenvalue weighted by atomic mass is 32.2. The summed E-state index contributed by atoms with van der Waals surface area (Å²) in [6, 6.07) is 12.4. The van der Waals surface area contributed by atoms with E-state index in [-0.39, 0.29) is 23.3 Å². The Hall–Kier alpha value is -3.01. The van der Waals surface area contributed by atoms with Gasteiger partial charge in [-0.15, -0.1) is 0 Å². The van der Waals surface area contributed by atoms with Crippen molar-refractivity contribution in [3.8, 4) is 5.75 Å². The van der Waals surface area contributed by atoms with Crippen molar-refractivity contribution in [1.82, 2.24) is 9.29 Å². The molecule has 35 heavy (non-hydrogen) atoms. The van der Waals surface area contributed by atoms with Crippen LogP contribution >= 0.6 is 0 Å². The number of pyridine rings is 1. The van der Waals surface area contributed by atoms with E-state index in [4.69, 9.17) is 9.47 Å². The number of carbonyl (C=O) groups excluding carboxylic acids is 1. The topological polar surface area (TPSA) is 97.8 Å². The number of sulfonamides is 1. The highest BCUT2D eigenvalue weighted by Gasteiger charge is 2.27. The summed E-state index contributed by atoms with van der Waals surface area (Å²) in [7, 11) is -3.73. The number of aromatic nitrogens is 1. The molecule has 0 aliphatic carbocycles. The number of hydrogen-bond acceptors (Lipinski definition) is 6. The quantitative estimate of drug-likeness (QED) is 0.533. The van der Waals surface area contributed by atoms with E-state index in [9.17, 15) is 13.2 Å². The van der Waals surface area contributed by atoms with Gasteiger partial charge < -0.3 is 14.8 Å². The second-order valence-corrected chi connectivity index (χ2v) is 10.8. The number of benzene rings is 2. The fourth-order valence-corrected chi connectivity index (χ4v) is 5.68. The number of amides is 1. The second kappa shape index (κ2) is 10.3. The molecule has 2 aromatic carbocycles. The van der Waals surface area contributed by atoms with Crippen molar-refractivity contribution in [2.45, 2.75) is 45.1 Å². The van der Waals surface area contributed by atoms with Crippen LogP contribution in [0.4, 0.5) is 5.69 Å². The molecule has 3 aromatic rings. The molecule has 0 saturated carbocycles. The lowest BCUT2D eigenvalue weighted by Gasteiger charge is -2.26. The fraction of sp³-hybridized carbons (Fsp3) is 0.385. The maximum absolute atomic E-state index is 13.2. The molecule has 0 radical (unpaired) electrons. The summed E-state index contributed by atoms with van der Waals surface area (Å²) in [5.41, 5.74) is 3.86. The summed E-state index contributed by atoms with van der Waals surface area (Å²) in [6.07, 6.45) is -0.0432. The normalized spacial score (nSPS) is 14.9. The molecule has 1 saturated heterocycles. The maximum atomic E-state index is 13.2. The number of carbonyl (C=O) groups is 1. The van der Waals surface area contributed by atoms with E-state index in [1.807, 2.05) is 52.0 Å². The lowest BCUT2D eigenvalue weighted by Crippen LogP contribution is -2.40. The van der Waals surface area contributed by atoms with Crippen LogP contribution < -0.4 is 10.1 Å². The number of morpholine rings is 1. The minimum absolute atomic E-state index is 0.102. The van der Waals surface area contributed by atoms with Gasteiger partial charge in [0.2, 0.25) is 15.9 Å². The Morgan fingerprint density at radius 1 is 1.14 bits per heavy atom.